The van der Waals surface area contributed by atoms with Gasteiger partial charge in [0, 0.05) is 24.7 Å². The lowest BCUT2D eigenvalue weighted by Crippen LogP contribution is -2.15. The summed E-state index contributed by atoms with van der Waals surface area (Å²) >= 11 is 0. The molecule has 1 aliphatic rings. The minimum Gasteiger partial charge on any atom is -0.348 e. The molecular formula is C15H13N3. The Kier molecular flexibility index (Phi) is 1.94. The molecule has 0 aliphatic carbocycles. The Labute approximate surface area is 105 Å². The summed E-state index contributed by atoms with van der Waals surface area (Å²) in [6.07, 6.45) is 1.93. The van der Waals surface area contributed by atoms with Crippen LogP contribution in [0, 0.1) is 0 Å². The highest BCUT2D eigenvalue weighted by molar-refractivity contribution is 5.77. The van der Waals surface area contributed by atoms with E-state index in [1.807, 2.05) is 12.3 Å². The number of nitrogens with one attached hydrogen (secondary N) is 1. The third kappa shape index (κ3) is 1.40. The number of benzene rings is 1. The zero-order valence-corrected chi connectivity index (χ0v) is 9.93. The lowest BCUT2D eigenvalue weighted by molar-refractivity contribution is 0.860. The number of aromatic nitrogens is 2. The Bertz CT molecular complexity index is 689. The zero-order chi connectivity index (χ0) is 11.9. The van der Waals surface area contributed by atoms with E-state index in [-0.39, 0.29) is 0 Å². The highest BCUT2D eigenvalue weighted by Gasteiger charge is 2.19. The van der Waals surface area contributed by atoms with Gasteiger partial charge in [-0.05, 0) is 29.3 Å². The maximum Gasteiger partial charge on any atom is 0.139 e. The lowest BCUT2D eigenvalue weighted by atomic mass is 10.1. The predicted molar refractivity (Wildman–Crippen MR) is 72.4 cm³/mol. The van der Waals surface area contributed by atoms with E-state index in [1.165, 1.54) is 11.1 Å². The van der Waals surface area contributed by atoms with Gasteiger partial charge in [0.25, 0.3) is 0 Å². The van der Waals surface area contributed by atoms with E-state index in [9.17, 15) is 0 Å². The van der Waals surface area contributed by atoms with Crippen molar-refractivity contribution >= 4 is 16.9 Å². The first-order valence-electron chi connectivity index (χ1n) is 6.16. The largest absolute Gasteiger partial charge is 0.348 e. The second-order valence-electron chi connectivity index (χ2n) is 4.71. The molecule has 4 rings (SSSR count). The summed E-state index contributed by atoms with van der Waals surface area (Å²) in [4.78, 5) is 10.1. The number of aromatic amines is 1. The molecule has 0 radical (unpaired) electrons. The molecule has 3 heteroatoms. The van der Waals surface area contributed by atoms with Gasteiger partial charge in [-0.1, -0.05) is 24.3 Å². The summed E-state index contributed by atoms with van der Waals surface area (Å²) < 4.78 is 0. The Hall–Kier alpha value is -2.29. The zero-order valence-electron chi connectivity index (χ0n) is 9.93. The van der Waals surface area contributed by atoms with Crippen LogP contribution >= 0.6 is 0 Å². The number of nitrogens with zero attached hydrogens (tertiary/aromatic N) is 2. The number of anilines is 1. The summed E-state index contributed by atoms with van der Waals surface area (Å²) in [6, 6.07) is 14.9. The van der Waals surface area contributed by atoms with E-state index in [1.54, 1.807) is 0 Å². The minimum absolute atomic E-state index is 0.954. The van der Waals surface area contributed by atoms with Gasteiger partial charge >= 0.3 is 0 Å². The van der Waals surface area contributed by atoms with Crippen LogP contribution in [0.4, 0.5) is 5.82 Å². The molecule has 0 unspecified atom stereocenters. The second kappa shape index (κ2) is 3.60. The van der Waals surface area contributed by atoms with Crippen LogP contribution in [0.3, 0.4) is 0 Å². The van der Waals surface area contributed by atoms with Gasteiger partial charge in [-0.25, -0.2) is 4.98 Å². The van der Waals surface area contributed by atoms with Gasteiger partial charge in [-0.15, -0.1) is 0 Å². The number of hydrogen-bond donors (Lipinski definition) is 1. The quantitative estimate of drug-likeness (QED) is 0.703. The third-order valence-electron chi connectivity index (χ3n) is 3.56. The topological polar surface area (TPSA) is 31.9 Å². The summed E-state index contributed by atoms with van der Waals surface area (Å²) in [7, 11) is 0. The molecule has 1 aromatic carbocycles. The summed E-state index contributed by atoms with van der Waals surface area (Å²) in [5, 5.41) is 1.16. The van der Waals surface area contributed by atoms with Gasteiger partial charge < -0.3 is 9.88 Å². The average molecular weight is 235 g/mol. The smallest absolute Gasteiger partial charge is 0.139 e. The van der Waals surface area contributed by atoms with Crippen LogP contribution in [0.1, 0.15) is 11.1 Å². The maximum atomic E-state index is 4.67. The van der Waals surface area contributed by atoms with Crippen molar-refractivity contribution in [1.29, 1.82) is 0 Å². The standard InChI is InChI=1S/C15H13N3/c1-2-4-13-10-18(9-12(13)3-1)14-6-5-11-7-8-16-15(11)17-14/h1-8H,9-10H2,(H,16,17). The Morgan fingerprint density at radius 1 is 0.944 bits per heavy atom. The molecule has 18 heavy (non-hydrogen) atoms. The van der Waals surface area contributed by atoms with Gasteiger partial charge in [0.2, 0.25) is 0 Å². The molecule has 1 N–H and O–H groups in total. The fourth-order valence-electron chi connectivity index (χ4n) is 2.59. The van der Waals surface area contributed by atoms with Crippen LogP contribution in [0.15, 0.2) is 48.7 Å². The van der Waals surface area contributed by atoms with E-state index in [2.05, 4.69) is 51.3 Å². The second-order valence-corrected chi connectivity index (χ2v) is 4.71. The molecule has 0 fully saturated rings. The average Bonchev–Trinajstić information content (AvgIpc) is 3.04. The molecule has 88 valence electrons. The van der Waals surface area contributed by atoms with Crippen LogP contribution < -0.4 is 4.90 Å². The normalized spacial score (nSPS) is 14.1. The predicted octanol–water partition coefficient (Wildman–Crippen LogP) is 3.08. The lowest BCUT2D eigenvalue weighted by Gasteiger charge is -2.16. The first-order chi connectivity index (χ1) is 8.90. The molecule has 3 aromatic rings. The van der Waals surface area contributed by atoms with Gasteiger partial charge in [-0.3, -0.25) is 0 Å². The summed E-state index contributed by atoms with van der Waals surface area (Å²) in [5.41, 5.74) is 3.78. The third-order valence-corrected chi connectivity index (χ3v) is 3.56. The number of hydrogen-bond acceptors (Lipinski definition) is 2. The van der Waals surface area contributed by atoms with E-state index >= 15 is 0 Å². The highest BCUT2D eigenvalue weighted by atomic mass is 15.2. The minimum atomic E-state index is 0.954. The molecule has 0 atom stereocenters. The van der Waals surface area contributed by atoms with Crippen LogP contribution in [-0.2, 0) is 13.1 Å². The fourth-order valence-corrected chi connectivity index (χ4v) is 2.59. The van der Waals surface area contributed by atoms with Crippen molar-refractivity contribution < 1.29 is 0 Å². The Morgan fingerprint density at radius 2 is 1.72 bits per heavy atom. The Balaban J connectivity index is 1.73. The molecule has 0 spiro atoms. The first kappa shape index (κ1) is 9.71. The van der Waals surface area contributed by atoms with Crippen molar-refractivity contribution in [3.8, 4) is 0 Å². The molecular weight excluding hydrogens is 222 g/mol. The van der Waals surface area contributed by atoms with Crippen molar-refractivity contribution in [2.24, 2.45) is 0 Å². The number of H-pyrrole nitrogens is 1. The van der Waals surface area contributed by atoms with Crippen molar-refractivity contribution in [1.82, 2.24) is 9.97 Å². The first-order valence-corrected chi connectivity index (χ1v) is 6.16. The maximum absolute atomic E-state index is 4.67. The molecule has 2 aromatic heterocycles. The van der Waals surface area contributed by atoms with Crippen molar-refractivity contribution in [2.45, 2.75) is 13.1 Å². The molecule has 1 aliphatic heterocycles. The van der Waals surface area contributed by atoms with E-state index < -0.39 is 0 Å². The molecule has 3 nitrogen and oxygen atoms in total. The van der Waals surface area contributed by atoms with Crippen molar-refractivity contribution in [2.75, 3.05) is 4.90 Å². The number of rotatable bonds is 1. The van der Waals surface area contributed by atoms with Crippen LogP contribution in [0.2, 0.25) is 0 Å². The van der Waals surface area contributed by atoms with Crippen molar-refractivity contribution in [3.05, 3.63) is 59.8 Å². The number of pyridine rings is 1. The molecule has 0 saturated heterocycles. The molecule has 0 saturated carbocycles. The van der Waals surface area contributed by atoms with E-state index in [0.29, 0.717) is 0 Å². The monoisotopic (exact) mass is 235 g/mol. The van der Waals surface area contributed by atoms with Gasteiger partial charge in [-0.2, -0.15) is 0 Å². The van der Waals surface area contributed by atoms with Gasteiger partial charge in [0.15, 0.2) is 0 Å². The molecule has 0 amide bonds. The Morgan fingerprint density at radius 3 is 2.50 bits per heavy atom. The molecule has 0 bridgehead atoms. The van der Waals surface area contributed by atoms with Crippen LogP contribution in [0.5, 0.6) is 0 Å². The highest BCUT2D eigenvalue weighted by Crippen LogP contribution is 2.27. The van der Waals surface area contributed by atoms with Gasteiger partial charge in [0.1, 0.15) is 11.5 Å². The SMILES string of the molecule is c1ccc2c(c1)CN(c1ccc3cc[nH]c3n1)C2. The summed E-state index contributed by atoms with van der Waals surface area (Å²) in [6.45, 7) is 1.91. The summed E-state index contributed by atoms with van der Waals surface area (Å²) in [5.74, 6) is 1.04. The van der Waals surface area contributed by atoms with Crippen molar-refractivity contribution in [3.63, 3.8) is 0 Å². The fraction of sp³-hybridized carbons (Fsp3) is 0.133. The van der Waals surface area contributed by atoms with Crippen LogP contribution in [0.25, 0.3) is 11.0 Å². The van der Waals surface area contributed by atoms with E-state index in [0.717, 1.165) is 29.9 Å². The van der Waals surface area contributed by atoms with Gasteiger partial charge in [0.05, 0.1) is 0 Å². The van der Waals surface area contributed by atoms with E-state index in [4.69, 9.17) is 0 Å². The van der Waals surface area contributed by atoms with Crippen LogP contribution in [-0.4, -0.2) is 9.97 Å². The molecule has 3 heterocycles. The number of fused-ring (bicyclic) bond motifs is 2.